The Bertz CT molecular complexity index is 505. The number of rotatable bonds is 6. The van der Waals surface area contributed by atoms with E-state index in [1.165, 1.54) is 0 Å². The van der Waals surface area contributed by atoms with Crippen LogP contribution in [0.5, 0.6) is 0 Å². The fourth-order valence-corrected chi connectivity index (χ4v) is 2.64. The molecule has 0 spiro atoms. The van der Waals surface area contributed by atoms with E-state index in [1.54, 1.807) is 13.1 Å². The molecule has 0 bridgehead atoms. The van der Waals surface area contributed by atoms with Crippen LogP contribution in [0, 0.1) is 0 Å². The molecule has 1 saturated heterocycles. The Balaban J connectivity index is 0.00000264. The molecule has 23 heavy (non-hydrogen) atoms. The van der Waals surface area contributed by atoms with Gasteiger partial charge in [0.05, 0.1) is 18.8 Å². The van der Waals surface area contributed by atoms with Crippen molar-refractivity contribution < 1.29 is 9.53 Å². The molecule has 7 heteroatoms. The van der Waals surface area contributed by atoms with Crippen LogP contribution in [0.3, 0.4) is 0 Å². The topological polar surface area (TPSA) is 80.5 Å². The van der Waals surface area contributed by atoms with Crippen molar-refractivity contribution >= 4 is 24.1 Å². The van der Waals surface area contributed by atoms with Crippen molar-refractivity contribution in [1.82, 2.24) is 10.3 Å². The Morgan fingerprint density at radius 3 is 2.83 bits per heavy atom. The molecule has 1 atom stereocenters. The van der Waals surface area contributed by atoms with E-state index >= 15 is 0 Å². The quantitative estimate of drug-likeness (QED) is 0.818. The number of carbonyl (C=O) groups excluding carboxylic acids is 1. The smallest absolute Gasteiger partial charge is 0.240 e. The summed E-state index contributed by atoms with van der Waals surface area (Å²) in [5.41, 5.74) is 6.24. The van der Waals surface area contributed by atoms with Gasteiger partial charge < -0.3 is 20.7 Å². The van der Waals surface area contributed by atoms with Crippen LogP contribution in [0.4, 0.5) is 5.82 Å². The Kier molecular flexibility index (Phi) is 7.75. The van der Waals surface area contributed by atoms with Gasteiger partial charge in [0.15, 0.2) is 0 Å². The molecular formula is C16H27ClN4O2. The van der Waals surface area contributed by atoms with Gasteiger partial charge in [0, 0.05) is 31.4 Å². The lowest BCUT2D eigenvalue weighted by molar-refractivity contribution is -0.126. The number of pyridine rings is 1. The fraction of sp³-hybridized carbons (Fsp3) is 0.625. The van der Waals surface area contributed by atoms with Gasteiger partial charge in [0.1, 0.15) is 5.82 Å². The molecule has 1 aromatic heterocycles. The molecule has 0 aliphatic carbocycles. The fourth-order valence-electron chi connectivity index (χ4n) is 2.64. The lowest BCUT2D eigenvalue weighted by atomic mass is 9.96. The minimum atomic E-state index is -0.823. The number of hydrogen-bond acceptors (Lipinski definition) is 5. The van der Waals surface area contributed by atoms with Crippen LogP contribution in [0.15, 0.2) is 18.3 Å². The molecule has 1 amide bonds. The summed E-state index contributed by atoms with van der Waals surface area (Å²) >= 11 is 0. The van der Waals surface area contributed by atoms with E-state index in [1.807, 2.05) is 19.1 Å². The maximum atomic E-state index is 12.2. The molecule has 1 aliphatic rings. The highest BCUT2D eigenvalue weighted by atomic mass is 35.5. The van der Waals surface area contributed by atoms with Crippen molar-refractivity contribution in [1.29, 1.82) is 0 Å². The van der Waals surface area contributed by atoms with E-state index < -0.39 is 5.54 Å². The third kappa shape index (κ3) is 5.34. The van der Waals surface area contributed by atoms with Crippen LogP contribution >= 0.6 is 12.4 Å². The van der Waals surface area contributed by atoms with Crippen LogP contribution in [0.1, 0.15) is 32.3 Å². The second-order valence-electron chi connectivity index (χ2n) is 5.94. The van der Waals surface area contributed by atoms with Crippen molar-refractivity contribution in [2.75, 3.05) is 31.2 Å². The second kappa shape index (κ2) is 9.05. The number of nitrogens with one attached hydrogen (secondary N) is 1. The number of amides is 1. The highest BCUT2D eigenvalue weighted by Gasteiger charge is 2.27. The average molecular weight is 343 g/mol. The first-order chi connectivity index (χ1) is 10.5. The molecule has 2 rings (SSSR count). The predicted molar refractivity (Wildman–Crippen MR) is 93.9 cm³/mol. The third-order valence-corrected chi connectivity index (χ3v) is 3.91. The third-order valence-electron chi connectivity index (χ3n) is 3.91. The van der Waals surface area contributed by atoms with Gasteiger partial charge in [-0.25, -0.2) is 4.98 Å². The first-order valence-electron chi connectivity index (χ1n) is 7.88. The van der Waals surface area contributed by atoms with Gasteiger partial charge in [-0.2, -0.15) is 0 Å². The van der Waals surface area contributed by atoms with Gasteiger partial charge in [-0.3, -0.25) is 4.79 Å². The van der Waals surface area contributed by atoms with E-state index in [0.29, 0.717) is 26.2 Å². The van der Waals surface area contributed by atoms with Crippen LogP contribution in [-0.2, 0) is 16.1 Å². The van der Waals surface area contributed by atoms with Crippen molar-refractivity contribution in [2.45, 2.75) is 38.8 Å². The largest absolute Gasteiger partial charge is 0.378 e. The Labute approximate surface area is 144 Å². The zero-order chi connectivity index (χ0) is 16.0. The standard InChI is InChI=1S/C16H26N4O2.ClH/c1-3-6-16(2,17)15(21)19-12-13-5-4-7-18-14(13)20-8-10-22-11-9-20;/h4-5,7H,3,6,8-12,17H2,1-2H3,(H,19,21);1H. The zero-order valence-electron chi connectivity index (χ0n) is 13.9. The Morgan fingerprint density at radius 1 is 1.48 bits per heavy atom. The van der Waals surface area contributed by atoms with Crippen LogP contribution in [0.2, 0.25) is 0 Å². The monoisotopic (exact) mass is 342 g/mol. The summed E-state index contributed by atoms with van der Waals surface area (Å²) in [6, 6.07) is 3.88. The average Bonchev–Trinajstić information content (AvgIpc) is 2.53. The molecule has 1 aromatic rings. The minimum absolute atomic E-state index is 0. The summed E-state index contributed by atoms with van der Waals surface area (Å²) in [7, 11) is 0. The number of halogens is 1. The number of ether oxygens (including phenoxy) is 1. The van der Waals surface area contributed by atoms with Gasteiger partial charge in [0.2, 0.25) is 5.91 Å². The van der Waals surface area contributed by atoms with Gasteiger partial charge in [-0.1, -0.05) is 19.4 Å². The predicted octanol–water partition coefficient (Wildman–Crippen LogP) is 1.47. The molecule has 0 aromatic carbocycles. The second-order valence-corrected chi connectivity index (χ2v) is 5.94. The number of nitrogens with two attached hydrogens (primary N) is 1. The van der Waals surface area contributed by atoms with Crippen molar-refractivity contribution in [2.24, 2.45) is 5.73 Å². The number of aromatic nitrogens is 1. The SMILES string of the molecule is CCCC(C)(N)C(=O)NCc1cccnc1N1CCOCC1.Cl. The van der Waals surface area contributed by atoms with Crippen LogP contribution in [-0.4, -0.2) is 42.7 Å². The molecule has 0 saturated carbocycles. The van der Waals surface area contributed by atoms with E-state index in [-0.39, 0.29) is 18.3 Å². The molecule has 6 nitrogen and oxygen atoms in total. The van der Waals surface area contributed by atoms with Crippen molar-refractivity contribution in [3.63, 3.8) is 0 Å². The number of anilines is 1. The Hall–Kier alpha value is -1.37. The summed E-state index contributed by atoms with van der Waals surface area (Å²) in [4.78, 5) is 18.9. The molecule has 1 fully saturated rings. The van der Waals surface area contributed by atoms with Crippen molar-refractivity contribution in [3.05, 3.63) is 23.9 Å². The number of hydrogen-bond donors (Lipinski definition) is 2. The molecule has 2 heterocycles. The number of carbonyl (C=O) groups is 1. The first kappa shape index (κ1) is 19.7. The van der Waals surface area contributed by atoms with E-state index in [9.17, 15) is 4.79 Å². The normalized spacial score (nSPS) is 17.1. The molecule has 1 aliphatic heterocycles. The summed E-state index contributed by atoms with van der Waals surface area (Å²) in [6.45, 7) is 7.30. The molecule has 0 radical (unpaired) electrons. The lowest BCUT2D eigenvalue weighted by Gasteiger charge is -2.29. The van der Waals surface area contributed by atoms with E-state index in [4.69, 9.17) is 10.5 Å². The summed E-state index contributed by atoms with van der Waals surface area (Å²) in [6.07, 6.45) is 3.33. The molecule has 1 unspecified atom stereocenters. The van der Waals surface area contributed by atoms with Gasteiger partial charge in [-0.05, 0) is 19.4 Å². The molecule has 3 N–H and O–H groups in total. The summed E-state index contributed by atoms with van der Waals surface area (Å²) in [5.74, 6) is 0.798. The summed E-state index contributed by atoms with van der Waals surface area (Å²) < 4.78 is 5.38. The maximum Gasteiger partial charge on any atom is 0.240 e. The van der Waals surface area contributed by atoms with E-state index in [0.717, 1.165) is 30.9 Å². The molecular weight excluding hydrogens is 316 g/mol. The summed E-state index contributed by atoms with van der Waals surface area (Å²) in [5, 5.41) is 2.94. The Morgan fingerprint density at radius 2 is 2.17 bits per heavy atom. The highest BCUT2D eigenvalue weighted by Crippen LogP contribution is 2.18. The number of morpholine rings is 1. The molecule has 130 valence electrons. The van der Waals surface area contributed by atoms with Gasteiger partial charge in [-0.15, -0.1) is 12.4 Å². The van der Waals surface area contributed by atoms with Crippen LogP contribution in [0.25, 0.3) is 0 Å². The first-order valence-corrected chi connectivity index (χ1v) is 7.88. The van der Waals surface area contributed by atoms with E-state index in [2.05, 4.69) is 15.2 Å². The van der Waals surface area contributed by atoms with Gasteiger partial charge in [0.25, 0.3) is 0 Å². The lowest BCUT2D eigenvalue weighted by Crippen LogP contribution is -2.51. The highest BCUT2D eigenvalue weighted by molar-refractivity contribution is 5.85. The minimum Gasteiger partial charge on any atom is -0.378 e. The maximum absolute atomic E-state index is 12.2. The van der Waals surface area contributed by atoms with Crippen molar-refractivity contribution in [3.8, 4) is 0 Å². The zero-order valence-corrected chi connectivity index (χ0v) is 14.7. The van der Waals surface area contributed by atoms with Gasteiger partial charge >= 0.3 is 0 Å². The van der Waals surface area contributed by atoms with Crippen LogP contribution < -0.4 is 16.0 Å². The number of nitrogens with zero attached hydrogens (tertiary/aromatic N) is 2.